The molecule has 0 aliphatic heterocycles. The van der Waals surface area contributed by atoms with E-state index in [0.29, 0.717) is 33.2 Å². The van der Waals surface area contributed by atoms with E-state index in [1.165, 1.54) is 12.4 Å². The van der Waals surface area contributed by atoms with E-state index >= 15 is 0 Å². The molecule has 2 heterocycles. The number of halogens is 5. The first-order chi connectivity index (χ1) is 15.1. The van der Waals surface area contributed by atoms with Crippen molar-refractivity contribution in [1.82, 2.24) is 9.97 Å². The van der Waals surface area contributed by atoms with Crippen LogP contribution in [0.1, 0.15) is 33.9 Å². The van der Waals surface area contributed by atoms with Crippen molar-refractivity contribution in [3.63, 3.8) is 0 Å². The highest BCUT2D eigenvalue weighted by molar-refractivity contribution is 6.31. The van der Waals surface area contributed by atoms with Crippen LogP contribution in [0.4, 0.5) is 17.6 Å². The largest absolute Gasteiger partial charge is 0.505 e. The number of hydrogen-bond acceptors (Lipinski definition) is 3. The Labute approximate surface area is 186 Å². The molecule has 1 unspecified atom stereocenters. The molecule has 164 valence electrons. The Balaban J connectivity index is 1.87. The van der Waals surface area contributed by atoms with E-state index < -0.39 is 23.5 Å². The third-order valence-corrected chi connectivity index (χ3v) is 5.77. The molecule has 4 rings (SSSR count). The average molecular weight is 461 g/mol. The Bertz CT molecular complexity index is 1310. The first-order valence-electron chi connectivity index (χ1n) is 9.69. The maximum Gasteiger partial charge on any atom is 0.416 e. The first-order valence-corrected chi connectivity index (χ1v) is 10.1. The molecule has 1 atom stereocenters. The van der Waals surface area contributed by atoms with E-state index in [9.17, 15) is 22.7 Å². The maximum absolute atomic E-state index is 15.0. The smallest absolute Gasteiger partial charge is 0.416 e. The fraction of sp³-hybridized carbons (Fsp3) is 0.167. The summed E-state index contributed by atoms with van der Waals surface area (Å²) in [4.78, 5) is 8.47. The van der Waals surface area contributed by atoms with E-state index in [2.05, 4.69) is 9.97 Å². The van der Waals surface area contributed by atoms with E-state index in [-0.39, 0.29) is 17.7 Å². The predicted molar refractivity (Wildman–Crippen MR) is 114 cm³/mol. The van der Waals surface area contributed by atoms with Crippen molar-refractivity contribution in [2.75, 3.05) is 0 Å². The number of benzene rings is 2. The zero-order valence-electron chi connectivity index (χ0n) is 16.8. The minimum absolute atomic E-state index is 0.0120. The molecule has 32 heavy (non-hydrogen) atoms. The highest BCUT2D eigenvalue weighted by Crippen LogP contribution is 2.40. The number of rotatable bonds is 4. The van der Waals surface area contributed by atoms with Gasteiger partial charge >= 0.3 is 6.18 Å². The quantitative estimate of drug-likeness (QED) is 0.339. The van der Waals surface area contributed by atoms with Gasteiger partial charge in [0.05, 0.1) is 10.6 Å². The van der Waals surface area contributed by atoms with E-state index in [0.717, 1.165) is 17.7 Å². The van der Waals surface area contributed by atoms with Crippen LogP contribution in [0.5, 0.6) is 5.75 Å². The summed E-state index contributed by atoms with van der Waals surface area (Å²) in [6, 6.07) is 11.0. The topological polar surface area (TPSA) is 46.0 Å². The fourth-order valence-electron chi connectivity index (χ4n) is 3.72. The van der Waals surface area contributed by atoms with Crippen LogP contribution in [0.3, 0.4) is 0 Å². The first kappa shape index (κ1) is 22.0. The maximum atomic E-state index is 15.0. The molecule has 0 fully saturated rings. The van der Waals surface area contributed by atoms with Gasteiger partial charge in [-0.05, 0) is 42.3 Å². The number of fused-ring (bicyclic) bond motifs is 1. The van der Waals surface area contributed by atoms with Gasteiger partial charge in [0.2, 0.25) is 0 Å². The van der Waals surface area contributed by atoms with Crippen LogP contribution >= 0.6 is 11.6 Å². The Morgan fingerprint density at radius 2 is 1.78 bits per heavy atom. The molecule has 0 saturated heterocycles. The number of hydrogen-bond donors (Lipinski definition) is 1. The fourth-order valence-corrected chi connectivity index (χ4v) is 3.82. The molecule has 2 aromatic heterocycles. The predicted octanol–water partition coefficient (Wildman–Crippen LogP) is 6.83. The van der Waals surface area contributed by atoms with Crippen LogP contribution in [0, 0.1) is 12.7 Å². The summed E-state index contributed by atoms with van der Waals surface area (Å²) < 4.78 is 54.1. The molecule has 0 bridgehead atoms. The minimum atomic E-state index is -4.67. The number of aromatic nitrogens is 2. The molecular weight excluding hydrogens is 444 g/mol. The van der Waals surface area contributed by atoms with Gasteiger partial charge in [-0.3, -0.25) is 9.97 Å². The Morgan fingerprint density at radius 3 is 2.47 bits per heavy atom. The zero-order chi connectivity index (χ0) is 23.0. The highest BCUT2D eigenvalue weighted by Gasteiger charge is 2.32. The van der Waals surface area contributed by atoms with Gasteiger partial charge in [0.1, 0.15) is 17.1 Å². The van der Waals surface area contributed by atoms with Gasteiger partial charge in [0, 0.05) is 41.4 Å². The normalized spacial score (nSPS) is 12.8. The molecule has 3 nitrogen and oxygen atoms in total. The minimum Gasteiger partial charge on any atom is -0.505 e. The monoisotopic (exact) mass is 460 g/mol. The second kappa shape index (κ2) is 8.39. The van der Waals surface area contributed by atoms with Crippen molar-refractivity contribution < 1.29 is 22.7 Å². The van der Waals surface area contributed by atoms with Crippen LogP contribution in [-0.4, -0.2) is 15.1 Å². The lowest BCUT2D eigenvalue weighted by Gasteiger charge is -2.21. The summed E-state index contributed by atoms with van der Waals surface area (Å²) in [7, 11) is 0. The lowest BCUT2D eigenvalue weighted by atomic mass is 9.85. The zero-order valence-corrected chi connectivity index (χ0v) is 17.5. The number of alkyl halides is 3. The molecule has 4 aromatic rings. The SMILES string of the molecule is Cc1cc(CC(c2ccc(C(F)(F)F)cc2F)c2ccc3cccnc3c2O)ncc1Cl. The molecule has 1 N–H and O–H groups in total. The van der Waals surface area contributed by atoms with Crippen molar-refractivity contribution in [2.45, 2.75) is 25.4 Å². The van der Waals surface area contributed by atoms with Crippen LogP contribution in [0.25, 0.3) is 10.9 Å². The van der Waals surface area contributed by atoms with Gasteiger partial charge in [-0.2, -0.15) is 13.2 Å². The van der Waals surface area contributed by atoms with Crippen LogP contribution < -0.4 is 0 Å². The van der Waals surface area contributed by atoms with Gasteiger partial charge in [-0.1, -0.05) is 35.9 Å². The van der Waals surface area contributed by atoms with Gasteiger partial charge in [0.25, 0.3) is 0 Å². The number of phenolic OH excluding ortho intramolecular Hbond substituents is 1. The number of aryl methyl sites for hydroxylation is 1. The number of pyridine rings is 2. The van der Waals surface area contributed by atoms with Crippen molar-refractivity contribution in [3.8, 4) is 5.75 Å². The van der Waals surface area contributed by atoms with Gasteiger partial charge in [-0.15, -0.1) is 0 Å². The second-order valence-corrected chi connectivity index (χ2v) is 7.90. The van der Waals surface area contributed by atoms with Crippen LogP contribution in [-0.2, 0) is 12.6 Å². The average Bonchev–Trinajstić information content (AvgIpc) is 2.75. The third kappa shape index (κ3) is 4.25. The van der Waals surface area contributed by atoms with E-state index in [1.54, 1.807) is 37.3 Å². The molecule has 0 aliphatic rings. The standard InChI is InChI=1S/C24H17ClF4N2O/c1-13-9-16(31-12-20(13)25)11-19(17-7-5-15(10-21(17)26)24(27,28)29)18-6-4-14-3-2-8-30-22(14)23(18)32/h2-10,12,19,32H,11H2,1H3. The van der Waals surface area contributed by atoms with Crippen molar-refractivity contribution in [1.29, 1.82) is 0 Å². The van der Waals surface area contributed by atoms with Gasteiger partial charge in [-0.25, -0.2) is 4.39 Å². The molecule has 8 heteroatoms. The molecule has 0 amide bonds. The van der Waals surface area contributed by atoms with E-state index in [1.807, 2.05) is 0 Å². The number of aromatic hydroxyl groups is 1. The van der Waals surface area contributed by atoms with Crippen LogP contribution in [0.15, 0.2) is 60.9 Å². The van der Waals surface area contributed by atoms with Crippen molar-refractivity contribution in [3.05, 3.63) is 99.7 Å². The molecule has 0 aliphatic carbocycles. The summed E-state index contributed by atoms with van der Waals surface area (Å²) in [5, 5.41) is 12.1. The molecule has 0 saturated carbocycles. The number of phenols is 1. The summed E-state index contributed by atoms with van der Waals surface area (Å²) in [5.74, 6) is -1.98. The molecule has 2 aromatic carbocycles. The highest BCUT2D eigenvalue weighted by atomic mass is 35.5. The third-order valence-electron chi connectivity index (χ3n) is 5.37. The molecule has 0 radical (unpaired) electrons. The van der Waals surface area contributed by atoms with Gasteiger partial charge < -0.3 is 5.11 Å². The lowest BCUT2D eigenvalue weighted by molar-refractivity contribution is -0.137. The Hall–Kier alpha value is -3.19. The Kier molecular flexibility index (Phi) is 5.77. The Morgan fingerprint density at radius 1 is 1.03 bits per heavy atom. The number of nitrogens with zero attached hydrogens (tertiary/aromatic N) is 2. The van der Waals surface area contributed by atoms with Crippen LogP contribution in [0.2, 0.25) is 5.02 Å². The lowest BCUT2D eigenvalue weighted by Crippen LogP contribution is -2.12. The van der Waals surface area contributed by atoms with E-state index in [4.69, 9.17) is 11.6 Å². The molecular formula is C24H17ClF4N2O. The second-order valence-electron chi connectivity index (χ2n) is 7.49. The van der Waals surface area contributed by atoms with Crippen molar-refractivity contribution in [2.24, 2.45) is 0 Å². The summed E-state index contributed by atoms with van der Waals surface area (Å²) in [6.07, 6.45) is -1.55. The summed E-state index contributed by atoms with van der Waals surface area (Å²) >= 11 is 6.05. The van der Waals surface area contributed by atoms with Gasteiger partial charge in [0.15, 0.2) is 0 Å². The summed E-state index contributed by atoms with van der Waals surface area (Å²) in [5.41, 5.74) is 0.900. The molecule has 0 spiro atoms. The van der Waals surface area contributed by atoms with Crippen molar-refractivity contribution >= 4 is 22.5 Å². The summed E-state index contributed by atoms with van der Waals surface area (Å²) in [6.45, 7) is 1.79.